The second kappa shape index (κ2) is 9.55. The van der Waals surface area contributed by atoms with Crippen molar-refractivity contribution in [3.8, 4) is 17.2 Å². The van der Waals surface area contributed by atoms with Gasteiger partial charge in [0.05, 0.1) is 41.6 Å². The molecule has 4 aromatic rings. The summed E-state index contributed by atoms with van der Waals surface area (Å²) in [5, 5.41) is 25.2. The number of phenols is 1. The Kier molecular flexibility index (Phi) is 6.26. The zero-order chi connectivity index (χ0) is 26.3. The van der Waals surface area contributed by atoms with Gasteiger partial charge in [-0.25, -0.2) is 0 Å². The average molecular weight is 516 g/mol. The predicted molar refractivity (Wildman–Crippen MR) is 144 cm³/mol. The highest BCUT2D eigenvalue weighted by Gasteiger charge is 2.42. The minimum absolute atomic E-state index is 0.0395. The zero-order valence-electron chi connectivity index (χ0n) is 20.5. The average Bonchev–Trinajstić information content (AvgIpc) is 3.39. The summed E-state index contributed by atoms with van der Waals surface area (Å²) in [6.45, 7) is 3.99. The van der Waals surface area contributed by atoms with Crippen LogP contribution in [0.15, 0.2) is 72.9 Å². The van der Waals surface area contributed by atoms with Crippen LogP contribution >= 0.6 is 12.2 Å². The number of nitro benzene ring substituents is 1. The fourth-order valence-electron chi connectivity index (χ4n) is 4.98. The number of nitrogens with one attached hydrogen (secondary N) is 1. The number of non-ortho nitro benzene ring substituents is 1. The molecule has 10 heteroatoms. The Hall–Kier alpha value is -4.44. The number of methoxy groups -OCH3 is 1. The SMILES string of the molecule is COc1cc([N+](=O)[O-])ccc1-n1c(C)cc([C@@H]2[C@@H](c3ccccn3)NC(=S)N2c2ccc(O)cc2)c1C. The monoisotopic (exact) mass is 515 g/mol. The summed E-state index contributed by atoms with van der Waals surface area (Å²) < 4.78 is 7.57. The Bertz CT molecular complexity index is 1490. The number of phenolic OH excluding ortho intramolecular Hbond substituents is 1. The van der Waals surface area contributed by atoms with Crippen molar-refractivity contribution in [3.05, 3.63) is 106 Å². The van der Waals surface area contributed by atoms with Crippen LogP contribution in [0.2, 0.25) is 0 Å². The van der Waals surface area contributed by atoms with Gasteiger partial charge in [-0.15, -0.1) is 0 Å². The molecule has 0 spiro atoms. The number of aryl methyl sites for hydroxylation is 1. The van der Waals surface area contributed by atoms with Crippen molar-refractivity contribution < 1.29 is 14.8 Å². The number of pyridine rings is 1. The van der Waals surface area contributed by atoms with Gasteiger partial charge in [-0.1, -0.05) is 6.07 Å². The first-order chi connectivity index (χ1) is 17.8. The number of rotatable bonds is 6. The molecule has 2 aromatic carbocycles. The van der Waals surface area contributed by atoms with Gasteiger partial charge in [0.1, 0.15) is 11.5 Å². The number of anilines is 1. The summed E-state index contributed by atoms with van der Waals surface area (Å²) in [4.78, 5) is 17.5. The van der Waals surface area contributed by atoms with Crippen molar-refractivity contribution >= 4 is 28.7 Å². The maximum atomic E-state index is 11.3. The molecule has 0 saturated carbocycles. The van der Waals surface area contributed by atoms with Crippen molar-refractivity contribution in [2.45, 2.75) is 25.9 Å². The molecule has 9 nitrogen and oxygen atoms in total. The van der Waals surface area contributed by atoms with Gasteiger partial charge in [-0.3, -0.25) is 15.1 Å². The van der Waals surface area contributed by atoms with E-state index < -0.39 is 4.92 Å². The summed E-state index contributed by atoms with van der Waals surface area (Å²) in [7, 11) is 1.50. The number of aromatic nitrogens is 2. The van der Waals surface area contributed by atoms with Gasteiger partial charge in [-0.05, 0) is 80.2 Å². The van der Waals surface area contributed by atoms with Crippen molar-refractivity contribution in [2.75, 3.05) is 12.0 Å². The van der Waals surface area contributed by atoms with Gasteiger partial charge in [0.15, 0.2) is 5.11 Å². The number of nitrogens with zero attached hydrogens (tertiary/aromatic N) is 4. The lowest BCUT2D eigenvalue weighted by Crippen LogP contribution is -2.29. The molecule has 2 atom stereocenters. The van der Waals surface area contributed by atoms with E-state index in [9.17, 15) is 15.2 Å². The largest absolute Gasteiger partial charge is 0.508 e. The Morgan fingerprint density at radius 1 is 1.11 bits per heavy atom. The van der Waals surface area contributed by atoms with Crippen molar-refractivity contribution in [1.29, 1.82) is 0 Å². The van der Waals surface area contributed by atoms with E-state index in [1.165, 1.54) is 19.2 Å². The van der Waals surface area contributed by atoms with E-state index in [0.29, 0.717) is 16.5 Å². The van der Waals surface area contributed by atoms with Crippen LogP contribution in [0, 0.1) is 24.0 Å². The first-order valence-corrected chi connectivity index (χ1v) is 12.0. The van der Waals surface area contributed by atoms with Crippen LogP contribution in [0.4, 0.5) is 11.4 Å². The molecule has 0 radical (unpaired) electrons. The smallest absolute Gasteiger partial charge is 0.273 e. The summed E-state index contributed by atoms with van der Waals surface area (Å²) in [6, 6.07) is 18.9. The van der Waals surface area contributed by atoms with E-state index >= 15 is 0 Å². The normalized spacial score (nSPS) is 17.1. The third-order valence-corrected chi connectivity index (χ3v) is 6.94. The van der Waals surface area contributed by atoms with Crippen LogP contribution in [-0.4, -0.2) is 31.8 Å². The predicted octanol–water partition coefficient (Wildman–Crippen LogP) is 5.29. The Balaban J connectivity index is 1.68. The molecule has 1 saturated heterocycles. The number of thiocarbonyl (C=S) groups is 1. The maximum Gasteiger partial charge on any atom is 0.273 e. The fraction of sp³-hybridized carbons (Fsp3) is 0.185. The van der Waals surface area contributed by atoms with E-state index in [2.05, 4.69) is 16.4 Å². The van der Waals surface area contributed by atoms with Crippen LogP contribution in [0.5, 0.6) is 11.5 Å². The van der Waals surface area contributed by atoms with Crippen LogP contribution in [0.25, 0.3) is 5.69 Å². The maximum absolute atomic E-state index is 11.3. The summed E-state index contributed by atoms with van der Waals surface area (Å²) in [6.07, 6.45) is 1.76. The standard InChI is InChI=1S/C27H25N5O4S/c1-16-14-21(17(2)30(16)23-12-9-19(32(34)35)15-24(23)36-3)26-25(22-6-4-5-13-28-22)29-27(37)31(26)18-7-10-20(33)11-8-18/h4-15,25-26,33H,1-3H3,(H,29,37)/t25-,26-/m1/s1. The van der Waals surface area contributed by atoms with Gasteiger partial charge < -0.3 is 24.6 Å². The molecule has 5 rings (SSSR count). The molecule has 1 fully saturated rings. The molecular formula is C27H25N5O4S. The molecule has 2 aromatic heterocycles. The number of benzene rings is 2. The lowest BCUT2D eigenvalue weighted by molar-refractivity contribution is -0.384. The van der Waals surface area contributed by atoms with Crippen LogP contribution in [0.1, 0.15) is 34.7 Å². The van der Waals surface area contributed by atoms with Crippen LogP contribution < -0.4 is 15.0 Å². The quantitative estimate of drug-likeness (QED) is 0.203. The molecule has 0 bridgehead atoms. The first kappa shape index (κ1) is 24.3. The second-order valence-electron chi connectivity index (χ2n) is 8.79. The molecule has 0 unspecified atom stereocenters. The van der Waals surface area contributed by atoms with Gasteiger partial charge in [0, 0.05) is 29.3 Å². The van der Waals surface area contributed by atoms with Crippen molar-refractivity contribution in [1.82, 2.24) is 14.9 Å². The highest BCUT2D eigenvalue weighted by atomic mass is 32.1. The van der Waals surface area contributed by atoms with E-state index in [4.69, 9.17) is 17.0 Å². The van der Waals surface area contributed by atoms with Gasteiger partial charge in [0.2, 0.25) is 0 Å². The van der Waals surface area contributed by atoms with E-state index in [0.717, 1.165) is 28.3 Å². The first-order valence-electron chi connectivity index (χ1n) is 11.6. The number of aromatic hydroxyl groups is 1. The molecular weight excluding hydrogens is 490 g/mol. The lowest BCUT2D eigenvalue weighted by Gasteiger charge is -2.28. The lowest BCUT2D eigenvalue weighted by atomic mass is 9.96. The van der Waals surface area contributed by atoms with Gasteiger partial charge in [-0.2, -0.15) is 0 Å². The number of nitro groups is 1. The zero-order valence-corrected chi connectivity index (χ0v) is 21.3. The Morgan fingerprint density at radius 3 is 2.51 bits per heavy atom. The molecule has 1 aliphatic heterocycles. The highest BCUT2D eigenvalue weighted by Crippen LogP contribution is 2.44. The Labute approximate surface area is 219 Å². The topological polar surface area (TPSA) is 106 Å². The molecule has 0 amide bonds. The molecule has 37 heavy (non-hydrogen) atoms. The molecule has 188 valence electrons. The van der Waals surface area contributed by atoms with Gasteiger partial charge >= 0.3 is 0 Å². The summed E-state index contributed by atoms with van der Waals surface area (Å²) in [5.74, 6) is 0.572. The van der Waals surface area contributed by atoms with E-state index in [-0.39, 0.29) is 23.5 Å². The molecule has 3 heterocycles. The second-order valence-corrected chi connectivity index (χ2v) is 9.17. The minimum Gasteiger partial charge on any atom is -0.508 e. The number of hydrogen-bond acceptors (Lipinski definition) is 6. The van der Waals surface area contributed by atoms with Crippen molar-refractivity contribution in [3.63, 3.8) is 0 Å². The third kappa shape index (κ3) is 4.25. The number of ether oxygens (including phenoxy) is 1. The highest BCUT2D eigenvalue weighted by molar-refractivity contribution is 7.80. The molecule has 1 aliphatic rings. The molecule has 0 aliphatic carbocycles. The number of hydrogen-bond donors (Lipinski definition) is 2. The minimum atomic E-state index is -0.439. The van der Waals surface area contributed by atoms with E-state index in [1.807, 2.05) is 53.6 Å². The summed E-state index contributed by atoms with van der Waals surface area (Å²) in [5.41, 5.74) is 5.21. The van der Waals surface area contributed by atoms with E-state index in [1.54, 1.807) is 24.4 Å². The third-order valence-electron chi connectivity index (χ3n) is 6.63. The van der Waals surface area contributed by atoms with Crippen LogP contribution in [-0.2, 0) is 0 Å². The summed E-state index contributed by atoms with van der Waals surface area (Å²) >= 11 is 5.80. The fourth-order valence-corrected chi connectivity index (χ4v) is 5.33. The molecule has 2 N–H and O–H groups in total. The van der Waals surface area contributed by atoms with Gasteiger partial charge in [0.25, 0.3) is 5.69 Å². The Morgan fingerprint density at radius 2 is 1.86 bits per heavy atom. The van der Waals surface area contributed by atoms with Crippen LogP contribution in [0.3, 0.4) is 0 Å². The van der Waals surface area contributed by atoms with Crippen molar-refractivity contribution in [2.24, 2.45) is 0 Å².